The van der Waals surface area contributed by atoms with Gasteiger partial charge in [-0.05, 0) is 51.0 Å². The minimum absolute atomic E-state index is 0.0368. The predicted octanol–water partition coefficient (Wildman–Crippen LogP) is 4.26. The van der Waals surface area contributed by atoms with Crippen molar-refractivity contribution in [3.8, 4) is 0 Å². The molecule has 2 heterocycles. The quantitative estimate of drug-likeness (QED) is 0.602. The second-order valence-electron chi connectivity index (χ2n) is 8.88. The van der Waals surface area contributed by atoms with Crippen LogP contribution in [-0.2, 0) is 0 Å². The number of pyridine rings is 1. The number of hydrogen-bond donors (Lipinski definition) is 3. The van der Waals surface area contributed by atoms with Crippen LogP contribution in [0.1, 0.15) is 38.7 Å². The van der Waals surface area contributed by atoms with Crippen LogP contribution in [0.15, 0.2) is 24.3 Å². The fraction of sp³-hybridized carbons (Fsp3) is 0.455. The molecule has 1 aliphatic heterocycles. The van der Waals surface area contributed by atoms with E-state index in [-0.39, 0.29) is 12.1 Å². The molecule has 0 spiro atoms. The lowest BCUT2D eigenvalue weighted by molar-refractivity contribution is 0.0562. The fourth-order valence-electron chi connectivity index (χ4n) is 4.35. The number of amides is 1. The normalized spacial score (nSPS) is 19.0. The number of carboxylic acid groups (broad SMARTS) is 1. The predicted molar refractivity (Wildman–Crippen MR) is 117 cm³/mol. The number of benzene rings is 1. The van der Waals surface area contributed by atoms with Crippen LogP contribution in [0.4, 0.5) is 35.3 Å². The Labute approximate surface area is 185 Å². The molecule has 7 nitrogen and oxygen atoms in total. The molecule has 1 amide bonds. The molecule has 0 aliphatic carbocycles. The summed E-state index contributed by atoms with van der Waals surface area (Å²) < 4.78 is 42.2. The molecule has 2 aromatic rings. The maximum atomic E-state index is 14.7. The highest BCUT2D eigenvalue weighted by Gasteiger charge is 2.43. The molecule has 0 unspecified atom stereocenters. The van der Waals surface area contributed by atoms with E-state index in [1.54, 1.807) is 40.0 Å². The molecular formula is C22H28F3N5O2. The Hall–Kier alpha value is -3.17. The number of nitrogens with one attached hydrogen (secondary N) is 1. The van der Waals surface area contributed by atoms with E-state index >= 15 is 0 Å². The topological polar surface area (TPSA) is 94.7 Å². The SMILES string of the molecule is CNc1nc(N2CC[C@H](c3cc(F)c(F)cc3F)[C@@H](N(C(=O)O)C(C)(C)C)C2)ccc1N. The Morgan fingerprint density at radius 2 is 1.88 bits per heavy atom. The molecule has 4 N–H and O–H groups in total. The summed E-state index contributed by atoms with van der Waals surface area (Å²) in [5, 5.41) is 12.9. The molecular weight excluding hydrogens is 423 g/mol. The van der Waals surface area contributed by atoms with Gasteiger partial charge in [-0.3, -0.25) is 4.90 Å². The van der Waals surface area contributed by atoms with Crippen LogP contribution >= 0.6 is 0 Å². The van der Waals surface area contributed by atoms with Gasteiger partial charge in [0.2, 0.25) is 0 Å². The van der Waals surface area contributed by atoms with Crippen molar-refractivity contribution in [1.29, 1.82) is 0 Å². The molecule has 0 saturated carbocycles. The summed E-state index contributed by atoms with van der Waals surface area (Å²) in [5.74, 6) is -2.95. The van der Waals surface area contributed by atoms with E-state index in [0.29, 0.717) is 36.4 Å². The van der Waals surface area contributed by atoms with Crippen LogP contribution in [0.5, 0.6) is 0 Å². The Balaban J connectivity index is 2.06. The van der Waals surface area contributed by atoms with Crippen LogP contribution < -0.4 is 16.0 Å². The number of piperidine rings is 1. The van der Waals surface area contributed by atoms with Crippen LogP contribution in [-0.4, -0.2) is 52.8 Å². The molecule has 1 aromatic carbocycles. The molecule has 3 rings (SSSR count). The number of rotatable bonds is 4. The highest BCUT2D eigenvalue weighted by molar-refractivity contribution is 5.68. The second kappa shape index (κ2) is 8.76. The lowest BCUT2D eigenvalue weighted by atomic mass is 9.82. The van der Waals surface area contributed by atoms with Crippen molar-refractivity contribution in [2.24, 2.45) is 0 Å². The lowest BCUT2D eigenvalue weighted by Crippen LogP contribution is -2.59. The van der Waals surface area contributed by atoms with Gasteiger partial charge < -0.3 is 21.1 Å². The molecule has 32 heavy (non-hydrogen) atoms. The van der Waals surface area contributed by atoms with Crippen molar-refractivity contribution in [1.82, 2.24) is 9.88 Å². The molecule has 1 aliphatic rings. The summed E-state index contributed by atoms with van der Waals surface area (Å²) in [6, 6.07) is 4.04. The first-order valence-corrected chi connectivity index (χ1v) is 10.3. The third-order valence-corrected chi connectivity index (χ3v) is 5.75. The van der Waals surface area contributed by atoms with Crippen molar-refractivity contribution in [3.05, 3.63) is 47.3 Å². The molecule has 10 heteroatoms. The van der Waals surface area contributed by atoms with E-state index in [2.05, 4.69) is 10.3 Å². The van der Waals surface area contributed by atoms with E-state index in [0.717, 1.165) is 6.07 Å². The average molecular weight is 451 g/mol. The summed E-state index contributed by atoms with van der Waals surface area (Å²) >= 11 is 0. The Morgan fingerprint density at radius 1 is 1.22 bits per heavy atom. The standard InChI is InChI=1S/C22H28F3N5O2/c1-22(2,3)30(21(31)32)18-11-29(19-6-5-17(26)20(27-4)28-19)8-7-12(18)13-9-15(24)16(25)10-14(13)23/h5-6,9-10,12,18H,7-8,11,26H2,1-4H3,(H,27,28)(H,31,32)/t12-,18+/m1/s1. The minimum Gasteiger partial charge on any atom is -0.465 e. The third kappa shape index (κ3) is 4.53. The molecule has 0 bridgehead atoms. The van der Waals surface area contributed by atoms with Gasteiger partial charge in [-0.25, -0.2) is 22.9 Å². The number of nitrogen functional groups attached to an aromatic ring is 1. The monoisotopic (exact) mass is 451 g/mol. The number of hydrogen-bond acceptors (Lipinski definition) is 5. The lowest BCUT2D eigenvalue weighted by Gasteiger charge is -2.48. The molecule has 1 fully saturated rings. The number of halogens is 3. The van der Waals surface area contributed by atoms with Crippen LogP contribution in [0.3, 0.4) is 0 Å². The molecule has 0 radical (unpaired) electrons. The van der Waals surface area contributed by atoms with E-state index in [9.17, 15) is 23.1 Å². The zero-order chi connectivity index (χ0) is 23.8. The minimum atomic E-state index is -1.28. The van der Waals surface area contributed by atoms with Gasteiger partial charge >= 0.3 is 6.09 Å². The summed E-state index contributed by atoms with van der Waals surface area (Å²) in [4.78, 5) is 19.9. The van der Waals surface area contributed by atoms with Gasteiger partial charge in [0.05, 0.1) is 11.7 Å². The number of nitrogens with two attached hydrogens (primary N) is 1. The van der Waals surface area contributed by atoms with Crippen LogP contribution in [0.25, 0.3) is 0 Å². The van der Waals surface area contributed by atoms with E-state index in [1.807, 2.05) is 4.90 Å². The Kier molecular flexibility index (Phi) is 6.43. The van der Waals surface area contributed by atoms with Crippen LogP contribution in [0.2, 0.25) is 0 Å². The fourth-order valence-corrected chi connectivity index (χ4v) is 4.35. The van der Waals surface area contributed by atoms with Gasteiger partial charge in [0.25, 0.3) is 0 Å². The maximum absolute atomic E-state index is 14.7. The Bertz CT molecular complexity index is 1010. The van der Waals surface area contributed by atoms with Gasteiger partial charge in [-0.2, -0.15) is 0 Å². The number of nitrogens with zero attached hydrogens (tertiary/aromatic N) is 3. The zero-order valence-electron chi connectivity index (χ0n) is 18.5. The maximum Gasteiger partial charge on any atom is 0.408 e. The molecule has 2 atom stereocenters. The highest BCUT2D eigenvalue weighted by Crippen LogP contribution is 2.38. The van der Waals surface area contributed by atoms with Gasteiger partial charge in [0.15, 0.2) is 17.5 Å². The molecule has 1 aromatic heterocycles. The smallest absolute Gasteiger partial charge is 0.408 e. The van der Waals surface area contributed by atoms with Gasteiger partial charge in [0.1, 0.15) is 11.6 Å². The van der Waals surface area contributed by atoms with Crippen molar-refractivity contribution in [2.75, 3.05) is 36.1 Å². The highest BCUT2D eigenvalue weighted by atomic mass is 19.2. The third-order valence-electron chi connectivity index (χ3n) is 5.75. The van der Waals surface area contributed by atoms with Gasteiger partial charge in [-0.1, -0.05) is 0 Å². The van der Waals surface area contributed by atoms with Crippen LogP contribution in [0, 0.1) is 17.5 Å². The summed E-state index contributed by atoms with van der Waals surface area (Å²) in [7, 11) is 1.69. The summed E-state index contributed by atoms with van der Waals surface area (Å²) in [6.07, 6.45) is -0.869. The Morgan fingerprint density at radius 3 is 2.47 bits per heavy atom. The van der Waals surface area contributed by atoms with E-state index in [4.69, 9.17) is 5.73 Å². The number of carbonyl (C=O) groups is 1. The van der Waals surface area contributed by atoms with E-state index < -0.39 is 41.0 Å². The first-order chi connectivity index (χ1) is 14.9. The van der Waals surface area contributed by atoms with Gasteiger partial charge in [-0.15, -0.1) is 0 Å². The second-order valence-corrected chi connectivity index (χ2v) is 8.88. The summed E-state index contributed by atoms with van der Waals surface area (Å²) in [5.41, 5.74) is 5.51. The molecule has 174 valence electrons. The van der Waals surface area contributed by atoms with Crippen molar-refractivity contribution in [3.63, 3.8) is 0 Å². The first kappa shape index (κ1) is 23.5. The van der Waals surface area contributed by atoms with Crippen molar-refractivity contribution < 1.29 is 23.1 Å². The van der Waals surface area contributed by atoms with Crippen molar-refractivity contribution in [2.45, 2.75) is 44.7 Å². The number of aromatic nitrogens is 1. The van der Waals surface area contributed by atoms with Gasteiger partial charge in [0, 0.05) is 37.7 Å². The van der Waals surface area contributed by atoms with Crippen molar-refractivity contribution >= 4 is 23.4 Å². The number of anilines is 3. The van der Waals surface area contributed by atoms with E-state index in [1.165, 1.54) is 4.90 Å². The largest absolute Gasteiger partial charge is 0.465 e. The zero-order valence-corrected chi connectivity index (χ0v) is 18.5. The summed E-state index contributed by atoms with van der Waals surface area (Å²) in [6.45, 7) is 5.81. The first-order valence-electron chi connectivity index (χ1n) is 10.3. The molecule has 1 saturated heterocycles. The average Bonchev–Trinajstić information content (AvgIpc) is 2.70.